The van der Waals surface area contributed by atoms with E-state index in [0.717, 1.165) is 34.6 Å². The van der Waals surface area contributed by atoms with Gasteiger partial charge in [-0.2, -0.15) is 0 Å². The van der Waals surface area contributed by atoms with Crippen LogP contribution in [0.25, 0.3) is 0 Å². The maximum atomic E-state index is 12.3. The maximum Gasteiger partial charge on any atom is 0.258 e. The fourth-order valence-corrected chi connectivity index (χ4v) is 2.88. The van der Waals surface area contributed by atoms with Gasteiger partial charge in [-0.3, -0.25) is 4.79 Å². The lowest BCUT2D eigenvalue weighted by Crippen LogP contribution is -2.32. The van der Waals surface area contributed by atoms with Crippen molar-refractivity contribution < 1.29 is 14.3 Å². The van der Waals surface area contributed by atoms with Crippen molar-refractivity contribution in [2.75, 3.05) is 13.7 Å². The number of hydrogen-bond acceptors (Lipinski definition) is 3. The number of amides is 1. The number of methoxy groups -OCH3 is 1. The smallest absolute Gasteiger partial charge is 0.258 e. The Bertz CT molecular complexity index is 740. The summed E-state index contributed by atoms with van der Waals surface area (Å²) in [6.45, 7) is 8.08. The summed E-state index contributed by atoms with van der Waals surface area (Å²) in [6.07, 6.45) is 0.807. The third kappa shape index (κ3) is 4.99. The second-order valence-corrected chi connectivity index (χ2v) is 6.32. The summed E-state index contributed by atoms with van der Waals surface area (Å²) in [5, 5.41) is 3.04. The van der Waals surface area contributed by atoms with Crippen molar-refractivity contribution in [3.05, 3.63) is 58.7 Å². The molecular formula is C21H27NO3. The topological polar surface area (TPSA) is 47.6 Å². The molecule has 0 radical (unpaired) electrons. The first-order chi connectivity index (χ1) is 11.9. The third-order valence-electron chi connectivity index (χ3n) is 4.25. The molecule has 0 aromatic heterocycles. The molecule has 2 aromatic carbocycles. The van der Waals surface area contributed by atoms with Crippen molar-refractivity contribution >= 4 is 5.91 Å². The zero-order valence-electron chi connectivity index (χ0n) is 15.7. The number of nitrogens with one attached hydrogen (secondary N) is 1. The van der Waals surface area contributed by atoms with Gasteiger partial charge in [0.25, 0.3) is 5.91 Å². The fraction of sp³-hybridized carbons (Fsp3) is 0.381. The van der Waals surface area contributed by atoms with Crippen molar-refractivity contribution in [3.8, 4) is 11.5 Å². The number of carbonyl (C=O) groups is 1. The number of hydrogen-bond donors (Lipinski definition) is 1. The molecule has 1 amide bonds. The summed E-state index contributed by atoms with van der Waals surface area (Å²) < 4.78 is 11.0. The minimum Gasteiger partial charge on any atom is -0.496 e. The normalized spacial score (nSPS) is 11.7. The second-order valence-electron chi connectivity index (χ2n) is 6.32. The summed E-state index contributed by atoms with van der Waals surface area (Å²) in [6, 6.07) is 11.9. The van der Waals surface area contributed by atoms with Gasteiger partial charge in [0.05, 0.1) is 13.2 Å². The lowest BCUT2D eigenvalue weighted by atomic mass is 10.0. The van der Waals surface area contributed by atoms with Gasteiger partial charge in [-0.15, -0.1) is 0 Å². The summed E-state index contributed by atoms with van der Waals surface area (Å²) in [7, 11) is 1.66. The minimum atomic E-state index is -0.125. The van der Waals surface area contributed by atoms with Gasteiger partial charge in [-0.1, -0.05) is 36.8 Å². The molecule has 0 saturated carbocycles. The molecule has 0 bridgehead atoms. The molecule has 2 aromatic rings. The quantitative estimate of drug-likeness (QED) is 0.818. The van der Waals surface area contributed by atoms with Crippen LogP contribution in [0.15, 0.2) is 36.4 Å². The summed E-state index contributed by atoms with van der Waals surface area (Å²) in [5.41, 5.74) is 4.33. The zero-order chi connectivity index (χ0) is 18.4. The SMILES string of the molecule is CC[C@@H](NC(=O)COc1ccc(C)cc1C)c1ccc(OC)c(C)c1. The van der Waals surface area contributed by atoms with E-state index in [1.807, 2.05) is 51.1 Å². The van der Waals surface area contributed by atoms with Crippen molar-refractivity contribution in [3.63, 3.8) is 0 Å². The Morgan fingerprint density at radius 3 is 2.32 bits per heavy atom. The minimum absolute atomic E-state index is 0.00946. The number of aryl methyl sites for hydroxylation is 3. The molecular weight excluding hydrogens is 314 g/mol. The highest BCUT2D eigenvalue weighted by molar-refractivity contribution is 5.78. The second kappa shape index (κ2) is 8.56. The van der Waals surface area contributed by atoms with E-state index in [0.29, 0.717) is 0 Å². The molecule has 0 fully saturated rings. The molecule has 0 aliphatic heterocycles. The molecule has 0 aliphatic rings. The van der Waals surface area contributed by atoms with Crippen LogP contribution in [0.5, 0.6) is 11.5 Å². The van der Waals surface area contributed by atoms with E-state index in [2.05, 4.69) is 18.3 Å². The molecule has 4 heteroatoms. The Morgan fingerprint density at radius 1 is 1.04 bits per heavy atom. The summed E-state index contributed by atoms with van der Waals surface area (Å²) in [5.74, 6) is 1.47. The van der Waals surface area contributed by atoms with Gasteiger partial charge in [0.15, 0.2) is 6.61 Å². The van der Waals surface area contributed by atoms with Crippen molar-refractivity contribution in [1.82, 2.24) is 5.32 Å². The van der Waals surface area contributed by atoms with Gasteiger partial charge in [-0.05, 0) is 56.0 Å². The Morgan fingerprint density at radius 2 is 1.72 bits per heavy atom. The largest absolute Gasteiger partial charge is 0.496 e. The maximum absolute atomic E-state index is 12.3. The molecule has 4 nitrogen and oxygen atoms in total. The first-order valence-electron chi connectivity index (χ1n) is 8.58. The zero-order valence-corrected chi connectivity index (χ0v) is 15.7. The molecule has 0 aliphatic carbocycles. The monoisotopic (exact) mass is 341 g/mol. The van der Waals surface area contributed by atoms with E-state index in [9.17, 15) is 4.79 Å². The van der Waals surface area contributed by atoms with E-state index < -0.39 is 0 Å². The number of carbonyl (C=O) groups excluding carboxylic acids is 1. The van der Waals surface area contributed by atoms with Gasteiger partial charge in [0, 0.05) is 0 Å². The van der Waals surface area contributed by atoms with Crippen LogP contribution in [0.1, 0.15) is 41.6 Å². The summed E-state index contributed by atoms with van der Waals surface area (Å²) in [4.78, 5) is 12.3. The van der Waals surface area contributed by atoms with Crippen LogP contribution in [0.2, 0.25) is 0 Å². The number of rotatable bonds is 7. The van der Waals surface area contributed by atoms with E-state index in [1.54, 1.807) is 7.11 Å². The Kier molecular flexibility index (Phi) is 6.45. The molecule has 25 heavy (non-hydrogen) atoms. The Hall–Kier alpha value is -2.49. The van der Waals surface area contributed by atoms with Gasteiger partial charge < -0.3 is 14.8 Å². The molecule has 134 valence electrons. The first-order valence-corrected chi connectivity index (χ1v) is 8.58. The Balaban J connectivity index is 1.98. The molecule has 1 N–H and O–H groups in total. The fourth-order valence-electron chi connectivity index (χ4n) is 2.88. The van der Waals surface area contributed by atoms with Crippen LogP contribution in [0.4, 0.5) is 0 Å². The van der Waals surface area contributed by atoms with Crippen LogP contribution >= 0.6 is 0 Å². The van der Waals surface area contributed by atoms with Crippen molar-refractivity contribution in [2.45, 2.75) is 40.2 Å². The number of benzene rings is 2. The predicted molar refractivity (Wildman–Crippen MR) is 100 cm³/mol. The molecule has 0 saturated heterocycles. The van der Waals surface area contributed by atoms with E-state index >= 15 is 0 Å². The Labute approximate surface area is 150 Å². The highest BCUT2D eigenvalue weighted by Crippen LogP contribution is 2.24. The van der Waals surface area contributed by atoms with Crippen LogP contribution in [-0.2, 0) is 4.79 Å². The van der Waals surface area contributed by atoms with E-state index in [-0.39, 0.29) is 18.6 Å². The highest BCUT2D eigenvalue weighted by atomic mass is 16.5. The van der Waals surface area contributed by atoms with Gasteiger partial charge in [-0.25, -0.2) is 0 Å². The molecule has 1 atom stereocenters. The lowest BCUT2D eigenvalue weighted by molar-refractivity contribution is -0.123. The van der Waals surface area contributed by atoms with Gasteiger partial charge >= 0.3 is 0 Å². The molecule has 0 heterocycles. The highest BCUT2D eigenvalue weighted by Gasteiger charge is 2.14. The van der Waals surface area contributed by atoms with E-state index in [1.165, 1.54) is 5.56 Å². The third-order valence-corrected chi connectivity index (χ3v) is 4.25. The average Bonchev–Trinajstić information content (AvgIpc) is 2.58. The molecule has 0 spiro atoms. The first kappa shape index (κ1) is 18.8. The van der Waals surface area contributed by atoms with Crippen LogP contribution in [0.3, 0.4) is 0 Å². The predicted octanol–water partition coefficient (Wildman–Crippen LogP) is 4.27. The van der Waals surface area contributed by atoms with Crippen LogP contribution in [-0.4, -0.2) is 19.6 Å². The molecule has 2 rings (SSSR count). The molecule has 0 unspecified atom stereocenters. The standard InChI is InChI=1S/C21H27NO3/c1-6-18(17-8-10-19(24-5)16(4)12-17)22-21(23)13-25-20-9-7-14(2)11-15(20)3/h7-12,18H,6,13H2,1-5H3,(H,22,23)/t18-/m1/s1. The van der Waals surface area contributed by atoms with Crippen LogP contribution in [0, 0.1) is 20.8 Å². The van der Waals surface area contributed by atoms with Crippen molar-refractivity contribution in [2.24, 2.45) is 0 Å². The number of ether oxygens (including phenoxy) is 2. The average molecular weight is 341 g/mol. The van der Waals surface area contributed by atoms with E-state index in [4.69, 9.17) is 9.47 Å². The van der Waals surface area contributed by atoms with Gasteiger partial charge in [0.1, 0.15) is 11.5 Å². The van der Waals surface area contributed by atoms with Crippen molar-refractivity contribution in [1.29, 1.82) is 0 Å². The lowest BCUT2D eigenvalue weighted by Gasteiger charge is -2.19. The van der Waals surface area contributed by atoms with Crippen LogP contribution < -0.4 is 14.8 Å². The van der Waals surface area contributed by atoms with Gasteiger partial charge in [0.2, 0.25) is 0 Å². The summed E-state index contributed by atoms with van der Waals surface area (Å²) >= 11 is 0.